The monoisotopic (exact) mass is 476 g/mol. The summed E-state index contributed by atoms with van der Waals surface area (Å²) in [5.74, 6) is 0.820. The van der Waals surface area contributed by atoms with Crippen molar-refractivity contribution in [1.29, 1.82) is 0 Å². The van der Waals surface area contributed by atoms with Crippen molar-refractivity contribution >= 4 is 35.3 Å². The van der Waals surface area contributed by atoms with Crippen LogP contribution in [0.1, 0.15) is 36.8 Å². The Balaban J connectivity index is 1.32. The Morgan fingerprint density at radius 1 is 0.719 bits per heavy atom. The maximum Gasteiger partial charge on any atom is 0.315 e. The minimum absolute atomic E-state index is 0.191. The molecule has 2 aromatic carbocycles. The van der Waals surface area contributed by atoms with E-state index in [9.17, 15) is 9.59 Å². The quantitative estimate of drug-likeness (QED) is 0.427. The summed E-state index contributed by atoms with van der Waals surface area (Å²) in [6.45, 7) is 2.05. The van der Waals surface area contributed by atoms with Gasteiger partial charge in [0.15, 0.2) is 0 Å². The Kier molecular flexibility index (Phi) is 9.50. The fraction of sp³-hybridized carbons (Fsp3) is 0.417. The Labute approximate surface area is 199 Å². The van der Waals surface area contributed by atoms with Crippen molar-refractivity contribution in [1.82, 2.24) is 21.3 Å². The van der Waals surface area contributed by atoms with Crippen LogP contribution in [0.3, 0.4) is 0 Å². The second kappa shape index (κ2) is 12.6. The number of halogens is 2. The topological polar surface area (TPSA) is 82.3 Å². The number of urea groups is 2. The van der Waals surface area contributed by atoms with Crippen molar-refractivity contribution < 1.29 is 9.59 Å². The molecule has 0 aliphatic heterocycles. The van der Waals surface area contributed by atoms with Crippen molar-refractivity contribution in [3.8, 4) is 0 Å². The molecule has 0 unspecified atom stereocenters. The SMILES string of the molecule is O=C(NCc1ccccc1Cl)NC[C@H]1CCC[C@@H](CNC(=O)NCc2ccccc2Cl)C1. The zero-order valence-corrected chi connectivity index (χ0v) is 19.5. The first kappa shape index (κ1) is 24.2. The summed E-state index contributed by atoms with van der Waals surface area (Å²) in [5.41, 5.74) is 1.78. The van der Waals surface area contributed by atoms with Gasteiger partial charge in [-0.05, 0) is 54.4 Å². The molecule has 1 aliphatic rings. The van der Waals surface area contributed by atoms with Gasteiger partial charge in [0, 0.05) is 36.2 Å². The van der Waals surface area contributed by atoms with Gasteiger partial charge in [0.25, 0.3) is 0 Å². The van der Waals surface area contributed by atoms with E-state index in [1.165, 1.54) is 0 Å². The van der Waals surface area contributed by atoms with Gasteiger partial charge in [-0.25, -0.2) is 9.59 Å². The van der Waals surface area contributed by atoms with Crippen LogP contribution in [-0.2, 0) is 13.1 Å². The highest BCUT2D eigenvalue weighted by molar-refractivity contribution is 6.31. The van der Waals surface area contributed by atoms with Crippen molar-refractivity contribution in [2.24, 2.45) is 11.8 Å². The molecule has 32 heavy (non-hydrogen) atoms. The van der Waals surface area contributed by atoms with Crippen LogP contribution in [0.4, 0.5) is 9.59 Å². The van der Waals surface area contributed by atoms with Gasteiger partial charge < -0.3 is 21.3 Å². The minimum Gasteiger partial charge on any atom is -0.338 e. The lowest BCUT2D eigenvalue weighted by atomic mass is 9.81. The molecule has 0 aromatic heterocycles. The average Bonchev–Trinajstić information content (AvgIpc) is 2.80. The number of amides is 4. The van der Waals surface area contributed by atoms with Crippen LogP contribution in [0.5, 0.6) is 0 Å². The molecule has 1 saturated carbocycles. The summed E-state index contributed by atoms with van der Waals surface area (Å²) in [6.07, 6.45) is 4.25. The van der Waals surface area contributed by atoms with Gasteiger partial charge >= 0.3 is 12.1 Å². The molecule has 172 valence electrons. The summed E-state index contributed by atoms with van der Waals surface area (Å²) < 4.78 is 0. The van der Waals surface area contributed by atoms with Crippen LogP contribution < -0.4 is 21.3 Å². The second-order valence-corrected chi connectivity index (χ2v) is 9.02. The van der Waals surface area contributed by atoms with E-state index in [0.29, 0.717) is 48.1 Å². The molecule has 6 nitrogen and oxygen atoms in total. The first-order valence-corrected chi connectivity index (χ1v) is 11.8. The number of rotatable bonds is 8. The van der Waals surface area contributed by atoms with E-state index < -0.39 is 0 Å². The van der Waals surface area contributed by atoms with Gasteiger partial charge in [0.2, 0.25) is 0 Å². The normalized spacial score (nSPS) is 17.9. The molecule has 1 aliphatic carbocycles. The fourth-order valence-corrected chi connectivity index (χ4v) is 4.41. The van der Waals surface area contributed by atoms with Gasteiger partial charge in [0.05, 0.1) is 0 Å². The molecular weight excluding hydrogens is 447 g/mol. The third-order valence-corrected chi connectivity index (χ3v) is 6.53. The van der Waals surface area contributed by atoms with Crippen molar-refractivity contribution in [2.75, 3.05) is 13.1 Å². The zero-order valence-electron chi connectivity index (χ0n) is 18.0. The lowest BCUT2D eigenvalue weighted by Gasteiger charge is -2.29. The highest BCUT2D eigenvalue weighted by Gasteiger charge is 2.22. The van der Waals surface area contributed by atoms with Crippen molar-refractivity contribution in [3.63, 3.8) is 0 Å². The number of hydrogen-bond donors (Lipinski definition) is 4. The van der Waals surface area contributed by atoms with Crippen LogP contribution in [0.2, 0.25) is 10.0 Å². The summed E-state index contributed by atoms with van der Waals surface area (Å²) in [7, 11) is 0. The lowest BCUT2D eigenvalue weighted by Crippen LogP contribution is -2.41. The van der Waals surface area contributed by atoms with E-state index in [0.717, 1.165) is 36.8 Å². The molecule has 0 heterocycles. The number of carbonyl (C=O) groups excluding carboxylic acids is 2. The molecule has 4 amide bonds. The molecule has 0 bridgehead atoms. The fourth-order valence-electron chi connectivity index (χ4n) is 4.01. The molecule has 2 atom stereocenters. The molecule has 4 N–H and O–H groups in total. The van der Waals surface area contributed by atoms with Gasteiger partial charge in [-0.2, -0.15) is 0 Å². The maximum atomic E-state index is 12.1. The molecule has 8 heteroatoms. The second-order valence-electron chi connectivity index (χ2n) is 8.21. The van der Waals surface area contributed by atoms with Crippen LogP contribution >= 0.6 is 23.2 Å². The van der Waals surface area contributed by atoms with Crippen LogP contribution in [0.15, 0.2) is 48.5 Å². The molecule has 0 spiro atoms. The molecule has 1 fully saturated rings. The Morgan fingerprint density at radius 2 is 1.16 bits per heavy atom. The summed E-state index contributed by atoms with van der Waals surface area (Å²) in [6, 6.07) is 14.5. The number of benzene rings is 2. The van der Waals surface area contributed by atoms with E-state index in [4.69, 9.17) is 23.2 Å². The lowest BCUT2D eigenvalue weighted by molar-refractivity contribution is 0.221. The molecular formula is C24H30Cl2N4O2. The van der Waals surface area contributed by atoms with E-state index in [-0.39, 0.29) is 12.1 Å². The molecule has 3 rings (SSSR count). The third-order valence-electron chi connectivity index (χ3n) is 5.79. The molecule has 0 radical (unpaired) electrons. The molecule has 0 saturated heterocycles. The van der Waals surface area contributed by atoms with Crippen LogP contribution in [0.25, 0.3) is 0 Å². The Hall–Kier alpha value is -2.44. The third kappa shape index (κ3) is 7.92. The number of hydrogen-bond acceptors (Lipinski definition) is 2. The van der Waals surface area contributed by atoms with Gasteiger partial charge in [-0.1, -0.05) is 66.0 Å². The largest absolute Gasteiger partial charge is 0.338 e. The number of nitrogens with one attached hydrogen (secondary N) is 4. The van der Waals surface area contributed by atoms with E-state index >= 15 is 0 Å². The average molecular weight is 477 g/mol. The zero-order chi connectivity index (χ0) is 22.8. The maximum absolute atomic E-state index is 12.1. The van der Waals surface area contributed by atoms with E-state index in [1.54, 1.807) is 0 Å². The number of carbonyl (C=O) groups is 2. The van der Waals surface area contributed by atoms with Crippen molar-refractivity contribution in [3.05, 3.63) is 69.7 Å². The summed E-state index contributed by atoms with van der Waals surface area (Å²) >= 11 is 12.2. The van der Waals surface area contributed by atoms with Crippen molar-refractivity contribution in [2.45, 2.75) is 38.8 Å². The highest BCUT2D eigenvalue weighted by atomic mass is 35.5. The van der Waals surface area contributed by atoms with Crippen LogP contribution in [0, 0.1) is 11.8 Å². The van der Waals surface area contributed by atoms with E-state index in [2.05, 4.69) is 21.3 Å². The van der Waals surface area contributed by atoms with Gasteiger partial charge in [-0.3, -0.25) is 0 Å². The van der Waals surface area contributed by atoms with Crippen LogP contribution in [-0.4, -0.2) is 25.2 Å². The predicted molar refractivity (Wildman–Crippen MR) is 129 cm³/mol. The summed E-state index contributed by atoms with van der Waals surface area (Å²) in [4.78, 5) is 24.3. The minimum atomic E-state index is -0.191. The van der Waals surface area contributed by atoms with Gasteiger partial charge in [0.1, 0.15) is 0 Å². The first-order valence-electron chi connectivity index (χ1n) is 11.0. The molecule has 2 aromatic rings. The Bertz CT molecular complexity index is 838. The predicted octanol–water partition coefficient (Wildman–Crippen LogP) is 5.10. The standard InChI is InChI=1S/C24H30Cl2N4O2/c25-21-10-3-1-8-19(21)15-29-23(31)27-13-17-6-5-7-18(12-17)14-28-24(32)30-16-20-9-2-4-11-22(20)26/h1-4,8-11,17-18H,5-7,12-16H2,(H2,27,29,31)(H2,28,30,32)/t17-,18+. The summed E-state index contributed by atoms with van der Waals surface area (Å²) in [5, 5.41) is 12.9. The first-order chi connectivity index (χ1) is 15.5. The highest BCUT2D eigenvalue weighted by Crippen LogP contribution is 2.28. The Morgan fingerprint density at radius 3 is 1.59 bits per heavy atom. The smallest absolute Gasteiger partial charge is 0.315 e. The van der Waals surface area contributed by atoms with E-state index in [1.807, 2.05) is 48.5 Å². The van der Waals surface area contributed by atoms with Gasteiger partial charge in [-0.15, -0.1) is 0 Å².